The van der Waals surface area contributed by atoms with E-state index in [0.29, 0.717) is 17.4 Å². The second-order valence-electron chi connectivity index (χ2n) is 4.47. The number of para-hydroxylation sites is 1. The Labute approximate surface area is 129 Å². The minimum atomic E-state index is -0.365. The lowest BCUT2D eigenvalue weighted by molar-refractivity contribution is -0.137. The van der Waals surface area contributed by atoms with Crippen molar-refractivity contribution in [1.82, 2.24) is 0 Å². The maximum atomic E-state index is 11.4. The quantitative estimate of drug-likeness (QED) is 0.607. The first-order valence-corrected chi connectivity index (χ1v) is 7.21. The number of halogens is 1. The molecule has 0 fully saturated rings. The van der Waals surface area contributed by atoms with E-state index in [2.05, 4.69) is 0 Å². The highest BCUT2D eigenvalue weighted by atomic mass is 35.5. The van der Waals surface area contributed by atoms with E-state index < -0.39 is 0 Å². The van der Waals surface area contributed by atoms with E-state index in [4.69, 9.17) is 21.1 Å². The molecule has 0 amide bonds. The molecule has 0 saturated heterocycles. The normalized spacial score (nSPS) is 17.6. The number of benzene rings is 1. The number of rotatable bonds is 5. The summed E-state index contributed by atoms with van der Waals surface area (Å²) >= 11 is 5.97. The Balaban J connectivity index is 2.10. The highest BCUT2D eigenvalue weighted by Gasteiger charge is 2.11. The molecule has 1 aromatic carbocycles. The zero-order valence-electron chi connectivity index (χ0n) is 11.8. The third-order valence-corrected chi connectivity index (χ3v) is 3.13. The Hall–Kier alpha value is -2.00. The van der Waals surface area contributed by atoms with Crippen LogP contribution in [0.15, 0.2) is 53.6 Å². The first-order valence-electron chi connectivity index (χ1n) is 6.83. The van der Waals surface area contributed by atoms with Gasteiger partial charge in [-0.25, -0.2) is 4.79 Å². The molecule has 1 aromatic rings. The third kappa shape index (κ3) is 4.80. The topological polar surface area (TPSA) is 35.5 Å². The van der Waals surface area contributed by atoms with Crippen LogP contribution in [0.1, 0.15) is 18.9 Å². The summed E-state index contributed by atoms with van der Waals surface area (Å²) in [5.74, 6) is 0.343. The summed E-state index contributed by atoms with van der Waals surface area (Å²) in [6.07, 6.45) is 9.46. The fraction of sp³-hybridized carbons (Fsp3) is 0.235. The van der Waals surface area contributed by atoms with Crippen molar-refractivity contribution in [3.63, 3.8) is 0 Å². The summed E-state index contributed by atoms with van der Waals surface area (Å²) < 4.78 is 10.8. The summed E-state index contributed by atoms with van der Waals surface area (Å²) in [7, 11) is 0. The van der Waals surface area contributed by atoms with Gasteiger partial charge < -0.3 is 9.47 Å². The molecule has 0 aromatic heterocycles. The van der Waals surface area contributed by atoms with Crippen molar-refractivity contribution >= 4 is 23.6 Å². The molecule has 110 valence electrons. The minimum absolute atomic E-state index is 0.0976. The Morgan fingerprint density at radius 2 is 2.24 bits per heavy atom. The molecule has 0 aliphatic heterocycles. The number of carbonyl (C=O) groups is 1. The summed E-state index contributed by atoms with van der Waals surface area (Å²) in [4.78, 5) is 11.4. The molecule has 1 atom stereocenters. The molecule has 0 radical (unpaired) electrons. The van der Waals surface area contributed by atoms with Crippen LogP contribution in [-0.4, -0.2) is 18.7 Å². The molecule has 1 unspecified atom stereocenters. The van der Waals surface area contributed by atoms with E-state index in [1.165, 1.54) is 6.08 Å². The third-order valence-electron chi connectivity index (χ3n) is 2.87. The van der Waals surface area contributed by atoms with Gasteiger partial charge in [-0.05, 0) is 31.2 Å². The maximum absolute atomic E-state index is 11.4. The fourth-order valence-electron chi connectivity index (χ4n) is 1.93. The van der Waals surface area contributed by atoms with E-state index >= 15 is 0 Å². The molecule has 4 heteroatoms. The summed E-state index contributed by atoms with van der Waals surface area (Å²) in [5, 5.41) is 0.672. The largest absolute Gasteiger partial charge is 0.485 e. The average Bonchev–Trinajstić information content (AvgIpc) is 2.47. The van der Waals surface area contributed by atoms with E-state index in [1.54, 1.807) is 13.0 Å². The Kier molecular flexibility index (Phi) is 5.64. The molecule has 3 nitrogen and oxygen atoms in total. The predicted molar refractivity (Wildman–Crippen MR) is 84.2 cm³/mol. The molecule has 1 aliphatic rings. The Bertz CT molecular complexity index is 587. The molecule has 2 rings (SSSR count). The first kappa shape index (κ1) is 15.4. The second kappa shape index (κ2) is 7.70. The highest BCUT2D eigenvalue weighted by molar-refractivity contribution is 6.31. The SMILES string of the molecule is CCOC(=O)/C=C/c1ccccc1OC1C=C(Cl)C=CC1. The van der Waals surface area contributed by atoms with Crippen molar-refractivity contribution < 1.29 is 14.3 Å². The summed E-state index contributed by atoms with van der Waals surface area (Å²) in [6, 6.07) is 7.53. The van der Waals surface area contributed by atoms with Crippen molar-refractivity contribution in [2.75, 3.05) is 6.61 Å². The minimum Gasteiger partial charge on any atom is -0.485 e. The monoisotopic (exact) mass is 304 g/mol. The number of esters is 1. The molecular weight excluding hydrogens is 288 g/mol. The van der Waals surface area contributed by atoms with Gasteiger partial charge in [0, 0.05) is 23.1 Å². The predicted octanol–water partition coefficient (Wildman–Crippen LogP) is 4.09. The number of allylic oxidation sites excluding steroid dienone is 2. The van der Waals surface area contributed by atoms with Crippen LogP contribution in [0.25, 0.3) is 6.08 Å². The highest BCUT2D eigenvalue weighted by Crippen LogP contribution is 2.24. The molecular formula is C17H17ClO3. The lowest BCUT2D eigenvalue weighted by Crippen LogP contribution is -2.15. The summed E-state index contributed by atoms with van der Waals surface area (Å²) in [6.45, 7) is 2.13. The van der Waals surface area contributed by atoms with Gasteiger partial charge in [0.15, 0.2) is 0 Å². The van der Waals surface area contributed by atoms with Crippen LogP contribution >= 0.6 is 11.6 Å². The smallest absolute Gasteiger partial charge is 0.330 e. The van der Waals surface area contributed by atoms with Gasteiger partial charge in [0.05, 0.1) is 6.61 Å². The number of ether oxygens (including phenoxy) is 2. The van der Waals surface area contributed by atoms with Crippen molar-refractivity contribution in [3.05, 3.63) is 59.2 Å². The van der Waals surface area contributed by atoms with Gasteiger partial charge >= 0.3 is 5.97 Å². The van der Waals surface area contributed by atoms with Crippen LogP contribution in [0.3, 0.4) is 0 Å². The van der Waals surface area contributed by atoms with Crippen LogP contribution in [0.4, 0.5) is 0 Å². The van der Waals surface area contributed by atoms with Crippen LogP contribution < -0.4 is 4.74 Å². The van der Waals surface area contributed by atoms with E-state index in [-0.39, 0.29) is 12.1 Å². The van der Waals surface area contributed by atoms with Gasteiger partial charge in [-0.3, -0.25) is 0 Å². The van der Waals surface area contributed by atoms with E-state index in [9.17, 15) is 4.79 Å². The summed E-state index contributed by atoms with van der Waals surface area (Å²) in [5.41, 5.74) is 0.824. The van der Waals surface area contributed by atoms with Crippen molar-refractivity contribution in [3.8, 4) is 5.75 Å². The molecule has 0 spiro atoms. The molecule has 0 heterocycles. The molecule has 0 saturated carbocycles. The lowest BCUT2D eigenvalue weighted by atomic mass is 10.1. The van der Waals surface area contributed by atoms with Crippen LogP contribution in [0, 0.1) is 0 Å². The zero-order chi connectivity index (χ0) is 15.1. The molecule has 0 bridgehead atoms. The van der Waals surface area contributed by atoms with Crippen LogP contribution in [0.2, 0.25) is 0 Å². The van der Waals surface area contributed by atoms with Gasteiger partial charge in [-0.1, -0.05) is 35.9 Å². The molecule has 1 aliphatic carbocycles. The van der Waals surface area contributed by atoms with Gasteiger partial charge in [-0.15, -0.1) is 0 Å². The van der Waals surface area contributed by atoms with Gasteiger partial charge in [-0.2, -0.15) is 0 Å². The number of carbonyl (C=O) groups excluding carboxylic acids is 1. The number of hydrogen-bond donors (Lipinski definition) is 0. The Morgan fingerprint density at radius 1 is 1.43 bits per heavy atom. The van der Waals surface area contributed by atoms with Crippen molar-refractivity contribution in [2.45, 2.75) is 19.4 Å². The van der Waals surface area contributed by atoms with Gasteiger partial charge in [0.1, 0.15) is 11.9 Å². The van der Waals surface area contributed by atoms with E-state index in [1.807, 2.05) is 42.5 Å². The fourth-order valence-corrected chi connectivity index (χ4v) is 2.16. The standard InChI is InChI=1S/C17H17ClO3/c1-2-20-17(19)11-10-13-6-3-4-9-16(13)21-15-8-5-7-14(18)12-15/h3-7,9-12,15H,2,8H2,1H3/b11-10+. The first-order chi connectivity index (χ1) is 10.2. The molecule has 0 N–H and O–H groups in total. The van der Waals surface area contributed by atoms with Crippen LogP contribution in [-0.2, 0) is 9.53 Å². The number of hydrogen-bond acceptors (Lipinski definition) is 3. The van der Waals surface area contributed by atoms with E-state index in [0.717, 1.165) is 12.0 Å². The zero-order valence-corrected chi connectivity index (χ0v) is 12.5. The van der Waals surface area contributed by atoms with Gasteiger partial charge in [0.2, 0.25) is 0 Å². The van der Waals surface area contributed by atoms with Crippen molar-refractivity contribution in [2.24, 2.45) is 0 Å². The molecule has 21 heavy (non-hydrogen) atoms. The average molecular weight is 305 g/mol. The van der Waals surface area contributed by atoms with Gasteiger partial charge in [0.25, 0.3) is 0 Å². The van der Waals surface area contributed by atoms with Crippen LogP contribution in [0.5, 0.6) is 5.75 Å². The second-order valence-corrected chi connectivity index (χ2v) is 4.91. The van der Waals surface area contributed by atoms with Crippen molar-refractivity contribution in [1.29, 1.82) is 0 Å². The maximum Gasteiger partial charge on any atom is 0.330 e. The lowest BCUT2D eigenvalue weighted by Gasteiger charge is -2.18. The Morgan fingerprint density at radius 3 is 3.00 bits per heavy atom.